The molecular formula is C61H100O24. The van der Waals surface area contributed by atoms with Crippen LogP contribution in [-0.4, -0.2) is 244 Å². The van der Waals surface area contributed by atoms with Crippen molar-refractivity contribution in [3.63, 3.8) is 0 Å². The summed E-state index contributed by atoms with van der Waals surface area (Å²) in [6.45, 7) is 15.5. The maximum absolute atomic E-state index is 13.5. The minimum atomic E-state index is -1.62. The van der Waals surface area contributed by atoms with E-state index in [1.165, 1.54) is 7.11 Å². The van der Waals surface area contributed by atoms with Gasteiger partial charge in [-0.3, -0.25) is 4.79 Å². The van der Waals surface area contributed by atoms with Gasteiger partial charge in [-0.15, -0.1) is 0 Å². The molecule has 5 N–H and O–H groups in total. The van der Waals surface area contributed by atoms with E-state index in [0.29, 0.717) is 43.8 Å². The van der Waals surface area contributed by atoms with E-state index in [9.17, 15) is 30.3 Å². The van der Waals surface area contributed by atoms with Gasteiger partial charge in [0.25, 0.3) is 0 Å². The number of carbonyl (C=O) groups is 1. The van der Waals surface area contributed by atoms with Crippen LogP contribution in [0.1, 0.15) is 139 Å². The van der Waals surface area contributed by atoms with Crippen molar-refractivity contribution in [2.24, 2.45) is 28.6 Å². The Morgan fingerprint density at radius 2 is 1.07 bits per heavy atom. The number of carbonyl (C=O) groups excluding carboxylic acids is 1. The van der Waals surface area contributed by atoms with Crippen molar-refractivity contribution in [2.45, 2.75) is 317 Å². The number of Topliss-reactive ketones (excluding diaryl/α,β-unsaturated/α-hetero) is 1. The van der Waals surface area contributed by atoms with E-state index < -0.39 is 159 Å². The summed E-state index contributed by atoms with van der Waals surface area (Å²) in [6.07, 6.45) is -11.4. The fourth-order valence-corrected chi connectivity index (χ4v) is 17.3. The van der Waals surface area contributed by atoms with Gasteiger partial charge < -0.3 is 111 Å². The average Bonchev–Trinajstić information content (AvgIpc) is 1.57. The molecule has 8 saturated heterocycles. The molecule has 0 aromatic carbocycles. The van der Waals surface area contributed by atoms with Gasteiger partial charge in [0.1, 0.15) is 60.7 Å². The lowest BCUT2D eigenvalue weighted by molar-refractivity contribution is -0.364. The van der Waals surface area contributed by atoms with E-state index in [-0.39, 0.29) is 54.2 Å². The second-order valence-corrected chi connectivity index (χ2v) is 27.1. The number of methoxy groups -OCH3 is 4. The Morgan fingerprint density at radius 1 is 0.506 bits per heavy atom. The van der Waals surface area contributed by atoms with Gasteiger partial charge in [0.05, 0.1) is 91.4 Å². The quantitative estimate of drug-likeness (QED) is 0.131. The van der Waals surface area contributed by atoms with Gasteiger partial charge in [-0.05, 0) is 98.3 Å². The second kappa shape index (κ2) is 26.4. The molecule has 24 heteroatoms. The Hall–Kier alpha value is -1.25. The number of hydrogen-bond acceptors (Lipinski definition) is 24. The number of fused-ring (bicyclic) bond motifs is 5. The third kappa shape index (κ3) is 12.5. The van der Waals surface area contributed by atoms with Crippen molar-refractivity contribution in [1.29, 1.82) is 0 Å². The highest BCUT2D eigenvalue weighted by atomic mass is 16.8. The van der Waals surface area contributed by atoms with Gasteiger partial charge in [0.15, 0.2) is 43.5 Å². The molecule has 0 aromatic rings. The summed E-state index contributed by atoms with van der Waals surface area (Å²) in [6, 6.07) is 0. The summed E-state index contributed by atoms with van der Waals surface area (Å²) in [5.74, 6) is 0.591. The Labute approximate surface area is 500 Å². The second-order valence-electron chi connectivity index (χ2n) is 27.1. The normalized spacial score (nSPS) is 54.7. The first-order chi connectivity index (χ1) is 40.5. The Bertz CT molecular complexity index is 2210. The van der Waals surface area contributed by atoms with Gasteiger partial charge >= 0.3 is 0 Å². The maximum Gasteiger partial charge on any atom is 0.187 e. The zero-order valence-electron chi connectivity index (χ0n) is 51.8. The molecule has 8 heterocycles. The van der Waals surface area contributed by atoms with Crippen molar-refractivity contribution < 1.29 is 116 Å². The topological polar surface area (TPSA) is 284 Å². The first-order valence-corrected chi connectivity index (χ1v) is 31.7. The van der Waals surface area contributed by atoms with Crippen molar-refractivity contribution in [3.8, 4) is 0 Å². The molecule has 24 nitrogen and oxygen atoms in total. The number of aliphatic hydroxyl groups excluding tert-OH is 5. The van der Waals surface area contributed by atoms with Crippen LogP contribution in [0.15, 0.2) is 0 Å². The SMILES string of the molecule is CO[C@H]1[C@H](O[C@H]2[C@@H](O)C[C@H](O[C@@H]3[C@@H](C)O[C@@H](O[C@@H]4[C@@H](C)O[C@@H](O[C@H]5[C@@H](OC)C[C@H](O[C@H]6CC[C@@]7(C)[C@@H](CC[C@@]89O[C@@H](C)[C@@H]%10CCC(=O)[C@]%10(C)[C@@H](C[C@@H]87)O9)C6)O[C@@H]5C)C[C@H]4OC)C[C@H]3OC)O[C@@H]2C)O[C@H](C)C[C@H]1O[C@@H]1O[C@H](CO)[C@@H](O)[C@H](O)[C@H]1O. The van der Waals surface area contributed by atoms with Gasteiger partial charge in [-0.1, -0.05) is 6.92 Å². The molecule has 488 valence electrons. The highest BCUT2D eigenvalue weighted by molar-refractivity contribution is 5.88. The number of ether oxygens (including phenoxy) is 18. The standard InChI is InChI=1S/C61H100O24/c1-27-19-40(78-57-51(67)50(66)49(65)41(26-62)79-57)56(71-12)58(72-27)83-52-29(3)73-45(21-36(52)63)80-53-31(5)75-47(23-38(53)69-10)82-55-32(6)76-48(24-39(55)70-11)81-54-30(4)74-46(22-37(54)68-9)77-34-16-17-59(7)33(20-34)15-18-61-42(59)25-44(85-61)60(8)35(28(2)84-61)13-14-43(60)64/h27-42,44-58,62-63,65-67H,13-26H2,1-12H3/t27-,28+,29-,30-,31-,32-,33+,34+,35+,36+,37+,38-,39-,40-,41-,42-,44-,45+,46+,47+,48+,49-,50+,51-,52-,53-,54-,55-,56-,57-,58+,59+,60-,61+/m1/s1. The molecule has 0 radical (unpaired) electrons. The van der Waals surface area contributed by atoms with Crippen molar-refractivity contribution >= 4 is 5.78 Å². The molecule has 85 heavy (non-hydrogen) atoms. The fraction of sp³-hybridized carbons (Fsp3) is 0.984. The van der Waals surface area contributed by atoms with Crippen LogP contribution in [0.5, 0.6) is 0 Å². The molecule has 11 aliphatic rings. The lowest BCUT2D eigenvalue weighted by Crippen LogP contribution is -2.62. The van der Waals surface area contributed by atoms with Crippen molar-refractivity contribution in [3.05, 3.63) is 0 Å². The van der Waals surface area contributed by atoms with Crippen LogP contribution in [-0.2, 0) is 90.1 Å². The Kier molecular flexibility index (Phi) is 20.3. The third-order valence-electron chi connectivity index (χ3n) is 22.1. The fourth-order valence-electron chi connectivity index (χ4n) is 17.3. The van der Waals surface area contributed by atoms with E-state index in [4.69, 9.17) is 85.3 Å². The van der Waals surface area contributed by atoms with Crippen LogP contribution in [0.4, 0.5) is 0 Å². The van der Waals surface area contributed by atoms with Crippen LogP contribution < -0.4 is 0 Å². The summed E-state index contributed by atoms with van der Waals surface area (Å²) in [5, 5.41) is 52.6. The minimum absolute atomic E-state index is 0.0148. The predicted octanol–water partition coefficient (Wildman–Crippen LogP) is 3.30. The first kappa shape index (κ1) is 65.2. The predicted molar refractivity (Wildman–Crippen MR) is 294 cm³/mol. The number of ketones is 1. The average molecular weight is 1220 g/mol. The molecule has 0 amide bonds. The first-order valence-electron chi connectivity index (χ1n) is 31.7. The molecule has 3 aliphatic carbocycles. The van der Waals surface area contributed by atoms with Gasteiger partial charge in [0.2, 0.25) is 0 Å². The van der Waals surface area contributed by atoms with Crippen molar-refractivity contribution in [1.82, 2.24) is 0 Å². The Balaban J connectivity index is 0.636. The lowest BCUT2D eigenvalue weighted by atomic mass is 9.52. The number of aliphatic hydroxyl groups is 5. The molecule has 0 unspecified atom stereocenters. The smallest absolute Gasteiger partial charge is 0.187 e. The van der Waals surface area contributed by atoms with Crippen LogP contribution in [0.25, 0.3) is 0 Å². The van der Waals surface area contributed by atoms with E-state index in [1.807, 2.05) is 20.8 Å². The monoisotopic (exact) mass is 1220 g/mol. The molecule has 0 aromatic heterocycles. The molecule has 3 saturated carbocycles. The molecule has 1 spiro atoms. The van der Waals surface area contributed by atoms with Crippen LogP contribution in [0.2, 0.25) is 0 Å². The van der Waals surface area contributed by atoms with Crippen LogP contribution in [0, 0.1) is 28.6 Å². The van der Waals surface area contributed by atoms with E-state index in [0.717, 1.165) is 44.9 Å². The third-order valence-corrected chi connectivity index (χ3v) is 22.1. The van der Waals surface area contributed by atoms with E-state index in [1.54, 1.807) is 35.2 Å². The highest BCUT2D eigenvalue weighted by Gasteiger charge is 2.70. The number of rotatable bonds is 17. The molecule has 2 bridgehead atoms. The minimum Gasteiger partial charge on any atom is -0.394 e. The maximum atomic E-state index is 13.5. The van der Waals surface area contributed by atoms with Gasteiger partial charge in [0, 0.05) is 85.2 Å². The summed E-state index contributed by atoms with van der Waals surface area (Å²) in [5.41, 5.74) is -0.469. The van der Waals surface area contributed by atoms with Crippen LogP contribution >= 0.6 is 0 Å². The summed E-state index contributed by atoms with van der Waals surface area (Å²) in [7, 11) is 6.39. The molecule has 34 atom stereocenters. The zero-order valence-corrected chi connectivity index (χ0v) is 51.8. The lowest BCUT2D eigenvalue weighted by Gasteiger charge is -2.57. The molecule has 11 fully saturated rings. The molecular weight excluding hydrogens is 1120 g/mol. The summed E-state index contributed by atoms with van der Waals surface area (Å²) < 4.78 is 115. The highest BCUT2D eigenvalue weighted by Crippen LogP contribution is 2.67. The molecule has 11 rings (SSSR count). The molecule has 8 aliphatic heterocycles. The van der Waals surface area contributed by atoms with Gasteiger partial charge in [-0.2, -0.15) is 0 Å². The number of hydrogen-bond donors (Lipinski definition) is 5. The van der Waals surface area contributed by atoms with Crippen LogP contribution in [0.3, 0.4) is 0 Å². The van der Waals surface area contributed by atoms with Gasteiger partial charge in [-0.25, -0.2) is 0 Å². The summed E-state index contributed by atoms with van der Waals surface area (Å²) in [4.78, 5) is 13.5. The largest absolute Gasteiger partial charge is 0.394 e. The van der Waals surface area contributed by atoms with Crippen molar-refractivity contribution in [2.75, 3.05) is 35.0 Å². The van der Waals surface area contributed by atoms with E-state index in [2.05, 4.69) is 20.8 Å². The Morgan fingerprint density at radius 3 is 1.62 bits per heavy atom. The summed E-state index contributed by atoms with van der Waals surface area (Å²) >= 11 is 0. The zero-order chi connectivity index (χ0) is 60.6. The van der Waals surface area contributed by atoms with E-state index >= 15 is 0 Å².